The summed E-state index contributed by atoms with van der Waals surface area (Å²) in [6.07, 6.45) is 2.21. The highest BCUT2D eigenvalue weighted by atomic mass is 79.9. The lowest BCUT2D eigenvalue weighted by atomic mass is 10.2. The fourth-order valence-corrected chi connectivity index (χ4v) is 5.12. The molecule has 0 bridgehead atoms. The predicted molar refractivity (Wildman–Crippen MR) is 91.4 cm³/mol. The Bertz CT molecular complexity index is 759. The number of halogens is 1. The van der Waals surface area contributed by atoms with E-state index in [-0.39, 0.29) is 36.1 Å². The lowest BCUT2D eigenvalue weighted by molar-refractivity contribution is -0.137. The topological polar surface area (TPSA) is 80.8 Å². The molecule has 2 aliphatic rings. The van der Waals surface area contributed by atoms with E-state index in [4.69, 9.17) is 4.74 Å². The number of rotatable bonds is 5. The molecule has 0 unspecified atom stereocenters. The molecular formula is C16H18BrNO5S. The summed E-state index contributed by atoms with van der Waals surface area (Å²) in [5, 5.41) is 0. The Morgan fingerprint density at radius 2 is 1.88 bits per heavy atom. The van der Waals surface area contributed by atoms with E-state index >= 15 is 0 Å². The fraction of sp³-hybridized carbons (Fsp3) is 0.500. The molecule has 1 saturated heterocycles. The number of sulfone groups is 1. The molecule has 1 aliphatic carbocycles. The summed E-state index contributed by atoms with van der Waals surface area (Å²) in [6.45, 7) is -0.368. The number of nitrogens with zero attached hydrogens (tertiary/aromatic N) is 1. The van der Waals surface area contributed by atoms with Crippen molar-refractivity contribution in [3.05, 3.63) is 34.3 Å². The van der Waals surface area contributed by atoms with E-state index in [1.807, 2.05) is 0 Å². The van der Waals surface area contributed by atoms with Crippen LogP contribution in [0.2, 0.25) is 0 Å². The summed E-state index contributed by atoms with van der Waals surface area (Å²) in [4.78, 5) is 26.2. The zero-order valence-corrected chi connectivity index (χ0v) is 15.4. The highest BCUT2D eigenvalue weighted by molar-refractivity contribution is 9.10. The molecule has 0 spiro atoms. The van der Waals surface area contributed by atoms with Crippen molar-refractivity contribution in [3.63, 3.8) is 0 Å². The van der Waals surface area contributed by atoms with Crippen LogP contribution in [0.5, 0.6) is 0 Å². The van der Waals surface area contributed by atoms with Gasteiger partial charge in [-0.05, 0) is 47.3 Å². The maximum absolute atomic E-state index is 12.5. The highest BCUT2D eigenvalue weighted by Gasteiger charge is 2.42. The van der Waals surface area contributed by atoms with Crippen LogP contribution in [0.4, 0.5) is 0 Å². The Morgan fingerprint density at radius 3 is 2.46 bits per heavy atom. The molecule has 3 rings (SSSR count). The number of hydrogen-bond acceptors (Lipinski definition) is 5. The molecule has 8 heteroatoms. The molecule has 24 heavy (non-hydrogen) atoms. The molecule has 1 atom stereocenters. The lowest BCUT2D eigenvalue weighted by Gasteiger charge is -2.28. The van der Waals surface area contributed by atoms with Crippen LogP contribution in [0, 0.1) is 0 Å². The summed E-state index contributed by atoms with van der Waals surface area (Å²) >= 11 is 3.27. The Kier molecular flexibility index (Phi) is 4.96. The van der Waals surface area contributed by atoms with Crippen LogP contribution in [-0.4, -0.2) is 55.4 Å². The van der Waals surface area contributed by atoms with Crippen LogP contribution in [0.3, 0.4) is 0 Å². The monoisotopic (exact) mass is 415 g/mol. The van der Waals surface area contributed by atoms with Gasteiger partial charge in [0.15, 0.2) is 16.4 Å². The van der Waals surface area contributed by atoms with Crippen molar-refractivity contribution in [2.75, 3.05) is 18.1 Å². The number of hydrogen-bond donors (Lipinski definition) is 0. The summed E-state index contributed by atoms with van der Waals surface area (Å²) in [7, 11) is -3.07. The molecular weight excluding hydrogens is 398 g/mol. The van der Waals surface area contributed by atoms with Crippen molar-refractivity contribution < 1.29 is 22.7 Å². The molecule has 0 N–H and O–H groups in total. The van der Waals surface area contributed by atoms with E-state index in [9.17, 15) is 18.0 Å². The first-order valence-electron chi connectivity index (χ1n) is 7.80. The van der Waals surface area contributed by atoms with Crippen molar-refractivity contribution in [1.82, 2.24) is 4.90 Å². The standard InChI is InChI=1S/C16H18BrNO5S/c17-14-4-2-1-3-13(14)16(20)23-9-15(19)18(11-5-6-11)12-7-8-24(21,22)10-12/h1-4,11-12H,5-10H2/t12-/m0/s1. The smallest absolute Gasteiger partial charge is 0.339 e. The van der Waals surface area contributed by atoms with Gasteiger partial charge in [-0.3, -0.25) is 4.79 Å². The molecule has 1 heterocycles. The first kappa shape index (κ1) is 17.4. The van der Waals surface area contributed by atoms with Gasteiger partial charge >= 0.3 is 5.97 Å². The van der Waals surface area contributed by atoms with Crippen molar-refractivity contribution in [2.24, 2.45) is 0 Å². The fourth-order valence-electron chi connectivity index (χ4n) is 2.96. The second kappa shape index (κ2) is 6.84. The average molecular weight is 416 g/mol. The third kappa shape index (κ3) is 3.97. The van der Waals surface area contributed by atoms with Crippen molar-refractivity contribution >= 4 is 37.6 Å². The summed E-state index contributed by atoms with van der Waals surface area (Å²) < 4.78 is 29.1. The highest BCUT2D eigenvalue weighted by Crippen LogP contribution is 2.32. The molecule has 0 aromatic heterocycles. The molecule has 1 aromatic carbocycles. The van der Waals surface area contributed by atoms with Gasteiger partial charge in [0, 0.05) is 16.6 Å². The van der Waals surface area contributed by atoms with Crippen LogP contribution in [0.25, 0.3) is 0 Å². The van der Waals surface area contributed by atoms with Crippen LogP contribution < -0.4 is 0 Å². The van der Waals surface area contributed by atoms with Gasteiger partial charge in [0.1, 0.15) is 0 Å². The van der Waals surface area contributed by atoms with E-state index < -0.39 is 15.8 Å². The van der Waals surface area contributed by atoms with E-state index in [0.29, 0.717) is 16.5 Å². The third-order valence-corrected chi connectivity index (χ3v) is 6.69. The van der Waals surface area contributed by atoms with Crippen LogP contribution in [0.1, 0.15) is 29.6 Å². The average Bonchev–Trinajstić information content (AvgIpc) is 3.29. The summed E-state index contributed by atoms with van der Waals surface area (Å²) in [5.41, 5.74) is 0.353. The van der Waals surface area contributed by atoms with Crippen molar-refractivity contribution in [3.8, 4) is 0 Å². The van der Waals surface area contributed by atoms with E-state index in [0.717, 1.165) is 12.8 Å². The molecule has 6 nitrogen and oxygen atoms in total. The largest absolute Gasteiger partial charge is 0.452 e. The van der Waals surface area contributed by atoms with Crippen molar-refractivity contribution in [2.45, 2.75) is 31.3 Å². The molecule has 1 amide bonds. The van der Waals surface area contributed by atoms with Crippen molar-refractivity contribution in [1.29, 1.82) is 0 Å². The number of ether oxygens (including phenoxy) is 1. The SMILES string of the molecule is O=C(OCC(=O)N(C1CC1)[C@H]1CCS(=O)(=O)C1)c1ccccc1Br. The number of carbonyl (C=O) groups excluding carboxylic acids is 2. The predicted octanol–water partition coefficient (Wildman–Crippen LogP) is 1.78. The Morgan fingerprint density at radius 1 is 1.17 bits per heavy atom. The van der Waals surface area contributed by atoms with Crippen LogP contribution in [0.15, 0.2) is 28.7 Å². The second-order valence-electron chi connectivity index (χ2n) is 6.15. The maximum atomic E-state index is 12.5. The third-order valence-electron chi connectivity index (χ3n) is 4.25. The van der Waals surface area contributed by atoms with Crippen LogP contribution in [-0.2, 0) is 19.4 Å². The number of benzene rings is 1. The van der Waals surface area contributed by atoms with Gasteiger partial charge in [0.25, 0.3) is 5.91 Å². The first-order chi connectivity index (χ1) is 11.4. The molecule has 1 saturated carbocycles. The molecule has 130 valence electrons. The van der Waals surface area contributed by atoms with Gasteiger partial charge in [-0.1, -0.05) is 12.1 Å². The van der Waals surface area contributed by atoms with Gasteiger partial charge < -0.3 is 9.64 Å². The zero-order valence-electron chi connectivity index (χ0n) is 13.0. The second-order valence-corrected chi connectivity index (χ2v) is 9.23. The summed E-state index contributed by atoms with van der Waals surface area (Å²) in [5.74, 6) is -0.774. The summed E-state index contributed by atoms with van der Waals surface area (Å²) in [6, 6.07) is 6.61. The number of amides is 1. The molecule has 0 radical (unpaired) electrons. The Labute approximate surface area is 149 Å². The molecule has 2 fully saturated rings. The normalized spacial score (nSPS) is 22.1. The van der Waals surface area contributed by atoms with Gasteiger partial charge in [-0.2, -0.15) is 0 Å². The van der Waals surface area contributed by atoms with Gasteiger partial charge in [0.05, 0.1) is 17.1 Å². The maximum Gasteiger partial charge on any atom is 0.339 e. The number of esters is 1. The quantitative estimate of drug-likeness (QED) is 0.684. The minimum absolute atomic E-state index is 0.00736. The van der Waals surface area contributed by atoms with Gasteiger partial charge in [0.2, 0.25) is 0 Å². The lowest BCUT2D eigenvalue weighted by Crippen LogP contribution is -2.44. The van der Waals surface area contributed by atoms with E-state index in [1.54, 1.807) is 29.2 Å². The Hall–Kier alpha value is -1.41. The minimum Gasteiger partial charge on any atom is -0.452 e. The zero-order chi connectivity index (χ0) is 17.3. The van der Waals surface area contributed by atoms with Gasteiger partial charge in [-0.25, -0.2) is 13.2 Å². The molecule has 1 aromatic rings. The minimum atomic E-state index is -3.07. The van der Waals surface area contributed by atoms with E-state index in [1.165, 1.54) is 0 Å². The Balaban J connectivity index is 1.63. The number of carbonyl (C=O) groups is 2. The first-order valence-corrected chi connectivity index (χ1v) is 10.4. The van der Waals surface area contributed by atoms with Gasteiger partial charge in [-0.15, -0.1) is 0 Å². The van der Waals surface area contributed by atoms with Crippen LogP contribution >= 0.6 is 15.9 Å². The van der Waals surface area contributed by atoms with E-state index in [2.05, 4.69) is 15.9 Å². The molecule has 1 aliphatic heterocycles.